The third-order valence-electron chi connectivity index (χ3n) is 3.45. The van der Waals surface area contributed by atoms with Crippen molar-refractivity contribution >= 4 is 0 Å². The Labute approximate surface area is 126 Å². The Balaban J connectivity index is 1.99. The minimum atomic E-state index is 0.158. The maximum absolute atomic E-state index is 5.65. The molecule has 2 unspecified atom stereocenters. The standard InChI is InChI=1S/C16H23N5/c1-13(16-12-18-9-10-20-16)21-15(6-4-7-17)11-14-5-2-3-8-19-14/h2-3,5,8-10,12-13,15,21H,4,6-7,11,17H2,1H3. The molecular weight excluding hydrogens is 262 g/mol. The first kappa shape index (κ1) is 15.5. The third kappa shape index (κ3) is 5.21. The molecule has 0 aliphatic heterocycles. The van der Waals surface area contributed by atoms with Crippen molar-refractivity contribution in [3.8, 4) is 0 Å². The van der Waals surface area contributed by atoms with Crippen LogP contribution in [0, 0.1) is 0 Å². The molecule has 0 aromatic carbocycles. The highest BCUT2D eigenvalue weighted by atomic mass is 15.0. The molecule has 5 heteroatoms. The summed E-state index contributed by atoms with van der Waals surface area (Å²) < 4.78 is 0. The van der Waals surface area contributed by atoms with Crippen molar-refractivity contribution in [2.45, 2.75) is 38.3 Å². The lowest BCUT2D eigenvalue weighted by molar-refractivity contribution is 0.413. The molecule has 2 aromatic rings. The molecule has 2 atom stereocenters. The fourth-order valence-corrected chi connectivity index (χ4v) is 2.35. The monoisotopic (exact) mass is 285 g/mol. The average Bonchev–Trinajstić information content (AvgIpc) is 2.54. The first-order valence-corrected chi connectivity index (χ1v) is 7.41. The van der Waals surface area contributed by atoms with E-state index in [1.807, 2.05) is 18.3 Å². The number of hydrogen-bond acceptors (Lipinski definition) is 5. The summed E-state index contributed by atoms with van der Waals surface area (Å²) in [7, 11) is 0. The molecule has 0 saturated heterocycles. The highest BCUT2D eigenvalue weighted by Crippen LogP contribution is 2.12. The Hall–Kier alpha value is -1.85. The van der Waals surface area contributed by atoms with E-state index in [-0.39, 0.29) is 6.04 Å². The Morgan fingerprint density at radius 1 is 1.19 bits per heavy atom. The van der Waals surface area contributed by atoms with E-state index in [9.17, 15) is 0 Å². The predicted octanol–water partition coefficient (Wildman–Crippen LogP) is 1.87. The maximum atomic E-state index is 5.65. The van der Waals surface area contributed by atoms with E-state index in [1.54, 1.807) is 18.6 Å². The van der Waals surface area contributed by atoms with Gasteiger partial charge in [-0.05, 0) is 38.4 Å². The van der Waals surface area contributed by atoms with Crippen LogP contribution in [0.1, 0.15) is 37.2 Å². The zero-order chi connectivity index (χ0) is 14.9. The highest BCUT2D eigenvalue weighted by Gasteiger charge is 2.15. The Morgan fingerprint density at radius 2 is 2.10 bits per heavy atom. The highest BCUT2D eigenvalue weighted by molar-refractivity contribution is 5.07. The van der Waals surface area contributed by atoms with Crippen LogP contribution in [-0.2, 0) is 6.42 Å². The summed E-state index contributed by atoms with van der Waals surface area (Å²) in [5, 5.41) is 3.62. The maximum Gasteiger partial charge on any atom is 0.0753 e. The van der Waals surface area contributed by atoms with E-state index in [0.29, 0.717) is 12.6 Å². The molecule has 5 nitrogen and oxygen atoms in total. The van der Waals surface area contributed by atoms with Gasteiger partial charge in [-0.2, -0.15) is 0 Å². The topological polar surface area (TPSA) is 76.7 Å². The molecule has 0 fully saturated rings. The molecular formula is C16H23N5. The van der Waals surface area contributed by atoms with Crippen LogP contribution < -0.4 is 11.1 Å². The van der Waals surface area contributed by atoms with Crippen LogP contribution in [0.4, 0.5) is 0 Å². The predicted molar refractivity (Wildman–Crippen MR) is 83.6 cm³/mol. The molecule has 21 heavy (non-hydrogen) atoms. The average molecular weight is 285 g/mol. The van der Waals surface area contributed by atoms with Crippen molar-refractivity contribution in [2.75, 3.05) is 6.54 Å². The van der Waals surface area contributed by atoms with Crippen molar-refractivity contribution < 1.29 is 0 Å². The molecule has 3 N–H and O–H groups in total. The van der Waals surface area contributed by atoms with Crippen LogP contribution in [0.5, 0.6) is 0 Å². The summed E-state index contributed by atoms with van der Waals surface area (Å²) in [6.07, 6.45) is 9.97. The number of aromatic nitrogens is 3. The molecule has 0 aliphatic rings. The quantitative estimate of drug-likeness (QED) is 0.774. The van der Waals surface area contributed by atoms with Gasteiger partial charge >= 0.3 is 0 Å². The SMILES string of the molecule is CC(NC(CCCN)Cc1ccccn1)c1cnccn1. The number of nitrogens with zero attached hydrogens (tertiary/aromatic N) is 3. The molecule has 0 spiro atoms. The number of nitrogens with two attached hydrogens (primary N) is 1. The van der Waals surface area contributed by atoms with E-state index >= 15 is 0 Å². The fourth-order valence-electron chi connectivity index (χ4n) is 2.35. The normalized spacial score (nSPS) is 13.8. The second kappa shape index (κ2) is 8.44. The van der Waals surface area contributed by atoms with Crippen LogP contribution >= 0.6 is 0 Å². The van der Waals surface area contributed by atoms with Gasteiger partial charge in [-0.15, -0.1) is 0 Å². The van der Waals surface area contributed by atoms with Crippen molar-refractivity contribution in [1.82, 2.24) is 20.3 Å². The van der Waals surface area contributed by atoms with Crippen LogP contribution in [-0.4, -0.2) is 27.5 Å². The molecule has 0 amide bonds. The summed E-state index contributed by atoms with van der Waals surface area (Å²) in [5.74, 6) is 0. The zero-order valence-corrected chi connectivity index (χ0v) is 12.4. The smallest absolute Gasteiger partial charge is 0.0753 e. The van der Waals surface area contributed by atoms with Crippen LogP contribution in [0.25, 0.3) is 0 Å². The number of nitrogens with one attached hydrogen (secondary N) is 1. The lowest BCUT2D eigenvalue weighted by Crippen LogP contribution is -2.34. The fraction of sp³-hybridized carbons (Fsp3) is 0.438. The molecule has 0 aliphatic carbocycles. The van der Waals surface area contributed by atoms with Crippen molar-refractivity contribution in [3.63, 3.8) is 0 Å². The number of pyridine rings is 1. The molecule has 2 rings (SSSR count). The first-order chi connectivity index (χ1) is 10.3. The van der Waals surface area contributed by atoms with Gasteiger partial charge in [0.15, 0.2) is 0 Å². The Bertz CT molecular complexity index is 503. The van der Waals surface area contributed by atoms with Gasteiger partial charge < -0.3 is 11.1 Å². The van der Waals surface area contributed by atoms with Gasteiger partial charge in [0.2, 0.25) is 0 Å². The van der Waals surface area contributed by atoms with Crippen LogP contribution in [0.3, 0.4) is 0 Å². The van der Waals surface area contributed by atoms with Crippen LogP contribution in [0.2, 0.25) is 0 Å². The Morgan fingerprint density at radius 3 is 2.76 bits per heavy atom. The minimum Gasteiger partial charge on any atom is -0.330 e. The summed E-state index contributed by atoms with van der Waals surface area (Å²) in [6.45, 7) is 2.82. The van der Waals surface area contributed by atoms with E-state index in [2.05, 4.69) is 33.3 Å². The van der Waals surface area contributed by atoms with Crippen LogP contribution in [0.15, 0.2) is 43.0 Å². The third-order valence-corrected chi connectivity index (χ3v) is 3.45. The lowest BCUT2D eigenvalue weighted by atomic mass is 10.0. The second-order valence-corrected chi connectivity index (χ2v) is 5.17. The Kier molecular flexibility index (Phi) is 6.24. The van der Waals surface area contributed by atoms with Crippen molar-refractivity contribution in [2.24, 2.45) is 5.73 Å². The summed E-state index contributed by atoms with van der Waals surface area (Å²) in [6, 6.07) is 6.51. The molecule has 2 heterocycles. The molecule has 0 radical (unpaired) electrons. The van der Waals surface area contributed by atoms with Gasteiger partial charge in [0, 0.05) is 49.0 Å². The van der Waals surface area contributed by atoms with Gasteiger partial charge in [-0.3, -0.25) is 15.0 Å². The van der Waals surface area contributed by atoms with Gasteiger partial charge in [0.25, 0.3) is 0 Å². The van der Waals surface area contributed by atoms with E-state index in [0.717, 1.165) is 30.7 Å². The summed E-state index contributed by atoms with van der Waals surface area (Å²) in [4.78, 5) is 12.9. The summed E-state index contributed by atoms with van der Waals surface area (Å²) >= 11 is 0. The van der Waals surface area contributed by atoms with Gasteiger partial charge in [-0.25, -0.2) is 0 Å². The molecule has 2 aromatic heterocycles. The van der Waals surface area contributed by atoms with Gasteiger partial charge in [0.05, 0.1) is 5.69 Å². The zero-order valence-electron chi connectivity index (χ0n) is 12.4. The van der Waals surface area contributed by atoms with Crippen molar-refractivity contribution in [1.29, 1.82) is 0 Å². The van der Waals surface area contributed by atoms with Crippen molar-refractivity contribution in [3.05, 3.63) is 54.4 Å². The largest absolute Gasteiger partial charge is 0.330 e. The van der Waals surface area contributed by atoms with Gasteiger partial charge in [-0.1, -0.05) is 6.07 Å². The molecule has 112 valence electrons. The van der Waals surface area contributed by atoms with E-state index < -0.39 is 0 Å². The number of hydrogen-bond donors (Lipinski definition) is 2. The molecule has 0 saturated carbocycles. The minimum absolute atomic E-state index is 0.158. The van der Waals surface area contributed by atoms with E-state index in [4.69, 9.17) is 5.73 Å². The first-order valence-electron chi connectivity index (χ1n) is 7.41. The molecule has 0 bridgehead atoms. The van der Waals surface area contributed by atoms with Gasteiger partial charge in [0.1, 0.15) is 0 Å². The summed E-state index contributed by atoms with van der Waals surface area (Å²) in [5.41, 5.74) is 7.70. The number of rotatable bonds is 8. The van der Waals surface area contributed by atoms with E-state index in [1.165, 1.54) is 0 Å². The lowest BCUT2D eigenvalue weighted by Gasteiger charge is -2.22. The second-order valence-electron chi connectivity index (χ2n) is 5.17.